The Balaban J connectivity index is 2.49. The molecule has 1 rings (SSSR count). The van der Waals surface area contributed by atoms with E-state index in [9.17, 15) is 0 Å². The monoisotopic (exact) mass is 323 g/mol. The average molecular weight is 325 g/mol. The van der Waals surface area contributed by atoms with Crippen molar-refractivity contribution in [3.63, 3.8) is 0 Å². The summed E-state index contributed by atoms with van der Waals surface area (Å²) in [5.74, 6) is 0.582. The number of rotatable bonds is 8. The van der Waals surface area contributed by atoms with Gasteiger partial charge in [0.1, 0.15) is 12.4 Å². The van der Waals surface area contributed by atoms with Gasteiger partial charge in [-0.15, -0.1) is 0 Å². The van der Waals surface area contributed by atoms with E-state index in [-0.39, 0.29) is 6.61 Å². The minimum absolute atomic E-state index is 0.205. The summed E-state index contributed by atoms with van der Waals surface area (Å²) in [7, 11) is 1.67. The first-order valence-corrected chi connectivity index (χ1v) is 6.92. The van der Waals surface area contributed by atoms with Crippen LogP contribution in [0.2, 0.25) is 5.02 Å². The van der Waals surface area contributed by atoms with Crippen molar-refractivity contribution in [2.24, 2.45) is 0 Å². The smallest absolute Gasteiger partial charge is 0.138 e. The Morgan fingerprint density at radius 2 is 2.21 bits per heavy atom. The second-order valence-corrected chi connectivity index (χ2v) is 4.89. The highest BCUT2D eigenvalue weighted by Crippen LogP contribution is 2.26. The van der Waals surface area contributed by atoms with E-state index in [0.29, 0.717) is 22.4 Å². The van der Waals surface area contributed by atoms with Gasteiger partial charge in [-0.3, -0.25) is 0 Å². The van der Waals surface area contributed by atoms with Crippen molar-refractivity contribution in [3.8, 4) is 5.75 Å². The van der Waals surface area contributed by atoms with E-state index < -0.39 is 0 Å². The molecule has 0 aliphatic carbocycles. The van der Waals surface area contributed by atoms with Gasteiger partial charge in [-0.1, -0.05) is 40.9 Å². The Morgan fingerprint density at radius 3 is 2.84 bits per heavy atom. The molecule has 1 N–H and O–H groups in total. The van der Waals surface area contributed by atoms with Crippen molar-refractivity contribution in [3.05, 3.63) is 39.4 Å². The van der Waals surface area contributed by atoms with Crippen LogP contribution in [-0.2, 0) is 11.3 Å². The zero-order chi connectivity index (χ0) is 14.1. The molecule has 1 aromatic carbocycles. The summed E-state index contributed by atoms with van der Waals surface area (Å²) < 4.78 is 10.4. The SMILES string of the molecule is COCCNCc1ccc(OCC(Cl)=CCl)c(Cl)c1. The zero-order valence-corrected chi connectivity index (χ0v) is 12.9. The normalized spacial score (nSPS) is 11.7. The summed E-state index contributed by atoms with van der Waals surface area (Å²) in [6, 6.07) is 5.61. The fourth-order valence-electron chi connectivity index (χ4n) is 1.36. The van der Waals surface area contributed by atoms with Gasteiger partial charge in [0.15, 0.2) is 0 Å². The molecule has 0 radical (unpaired) electrons. The highest BCUT2D eigenvalue weighted by Gasteiger charge is 2.04. The Bertz CT molecular complexity index is 424. The Morgan fingerprint density at radius 1 is 1.42 bits per heavy atom. The molecule has 0 unspecified atom stereocenters. The van der Waals surface area contributed by atoms with Crippen LogP contribution in [0.25, 0.3) is 0 Å². The maximum atomic E-state index is 6.12. The number of hydrogen-bond donors (Lipinski definition) is 1. The average Bonchev–Trinajstić information content (AvgIpc) is 2.42. The molecule has 0 amide bonds. The topological polar surface area (TPSA) is 30.5 Å². The molecule has 6 heteroatoms. The third-order valence-corrected chi connectivity index (χ3v) is 3.18. The van der Waals surface area contributed by atoms with E-state index in [1.54, 1.807) is 7.11 Å². The van der Waals surface area contributed by atoms with Crippen molar-refractivity contribution in [1.82, 2.24) is 5.32 Å². The Labute approximate surface area is 128 Å². The van der Waals surface area contributed by atoms with Crippen molar-refractivity contribution in [1.29, 1.82) is 0 Å². The lowest BCUT2D eigenvalue weighted by Crippen LogP contribution is -2.18. The summed E-state index contributed by atoms with van der Waals surface area (Å²) in [5.41, 5.74) is 2.34. The molecule has 3 nitrogen and oxygen atoms in total. The summed E-state index contributed by atoms with van der Waals surface area (Å²) in [4.78, 5) is 0. The van der Waals surface area contributed by atoms with E-state index in [1.165, 1.54) is 5.54 Å². The standard InChI is InChI=1S/C13H16Cl3NO2/c1-18-5-4-17-8-10-2-3-13(12(16)6-10)19-9-11(15)7-14/h2-3,6-7,17H,4-5,8-9H2,1H3. The summed E-state index contributed by atoms with van der Waals surface area (Å²) in [5, 5.41) is 4.20. The lowest BCUT2D eigenvalue weighted by atomic mass is 10.2. The van der Waals surface area contributed by atoms with Gasteiger partial charge in [-0.2, -0.15) is 0 Å². The van der Waals surface area contributed by atoms with Gasteiger partial charge in [0.2, 0.25) is 0 Å². The molecule has 0 atom stereocenters. The molecule has 0 saturated heterocycles. The third-order valence-electron chi connectivity index (χ3n) is 2.29. The predicted molar refractivity (Wildman–Crippen MR) is 80.3 cm³/mol. The van der Waals surface area contributed by atoms with Gasteiger partial charge in [0.05, 0.1) is 16.7 Å². The molecule has 0 saturated carbocycles. The van der Waals surface area contributed by atoms with Gasteiger partial charge in [-0.05, 0) is 17.7 Å². The quantitative estimate of drug-likeness (QED) is 0.738. The minimum atomic E-state index is 0.205. The number of halogens is 3. The van der Waals surface area contributed by atoms with E-state index in [1.807, 2.05) is 18.2 Å². The van der Waals surface area contributed by atoms with Crippen LogP contribution in [0.5, 0.6) is 5.75 Å². The fraction of sp³-hybridized carbons (Fsp3) is 0.385. The fourth-order valence-corrected chi connectivity index (χ4v) is 1.73. The second-order valence-electron chi connectivity index (χ2n) is 3.78. The second kappa shape index (κ2) is 9.45. The molecule has 0 aliphatic heterocycles. The molecular weight excluding hydrogens is 309 g/mol. The molecule has 0 bridgehead atoms. The Kier molecular flexibility index (Phi) is 8.26. The van der Waals surface area contributed by atoms with Crippen molar-refractivity contribution in [2.45, 2.75) is 6.54 Å². The van der Waals surface area contributed by atoms with Crippen molar-refractivity contribution >= 4 is 34.8 Å². The number of ether oxygens (including phenoxy) is 2. The molecule has 0 spiro atoms. The molecular formula is C13H16Cl3NO2. The van der Waals surface area contributed by atoms with Crippen LogP contribution in [0.4, 0.5) is 0 Å². The molecule has 0 aromatic heterocycles. The number of methoxy groups -OCH3 is 1. The van der Waals surface area contributed by atoms with Crippen LogP contribution < -0.4 is 10.1 Å². The number of hydrogen-bond acceptors (Lipinski definition) is 3. The predicted octanol–water partition coefficient (Wildman–Crippen LogP) is 3.77. The molecule has 1 aromatic rings. The highest BCUT2D eigenvalue weighted by atomic mass is 35.5. The van der Waals surface area contributed by atoms with Crippen LogP contribution >= 0.6 is 34.8 Å². The van der Waals surface area contributed by atoms with Gasteiger partial charge in [-0.25, -0.2) is 0 Å². The van der Waals surface area contributed by atoms with E-state index in [2.05, 4.69) is 5.32 Å². The summed E-state index contributed by atoms with van der Waals surface area (Å²) >= 11 is 17.3. The van der Waals surface area contributed by atoms with Gasteiger partial charge in [0, 0.05) is 25.7 Å². The van der Waals surface area contributed by atoms with Crippen LogP contribution in [0.3, 0.4) is 0 Å². The Hall–Kier alpha value is -0.450. The van der Waals surface area contributed by atoms with Gasteiger partial charge < -0.3 is 14.8 Å². The highest BCUT2D eigenvalue weighted by molar-refractivity contribution is 6.36. The van der Waals surface area contributed by atoms with E-state index in [4.69, 9.17) is 44.3 Å². The van der Waals surface area contributed by atoms with Crippen molar-refractivity contribution in [2.75, 3.05) is 26.9 Å². The maximum absolute atomic E-state index is 6.12. The lowest BCUT2D eigenvalue weighted by molar-refractivity contribution is 0.199. The zero-order valence-electron chi connectivity index (χ0n) is 10.6. The van der Waals surface area contributed by atoms with Crippen LogP contribution in [-0.4, -0.2) is 26.9 Å². The third kappa shape index (κ3) is 6.50. The van der Waals surface area contributed by atoms with Gasteiger partial charge >= 0.3 is 0 Å². The number of benzene rings is 1. The molecule has 0 aliphatic rings. The van der Waals surface area contributed by atoms with Crippen LogP contribution in [0.15, 0.2) is 28.8 Å². The first-order valence-electron chi connectivity index (χ1n) is 5.73. The molecule has 0 fully saturated rings. The first kappa shape index (κ1) is 16.6. The number of nitrogens with one attached hydrogen (secondary N) is 1. The van der Waals surface area contributed by atoms with Gasteiger partial charge in [0.25, 0.3) is 0 Å². The summed E-state index contributed by atoms with van der Waals surface area (Å²) in [6.07, 6.45) is 0. The summed E-state index contributed by atoms with van der Waals surface area (Å²) in [6.45, 7) is 2.41. The van der Waals surface area contributed by atoms with Crippen molar-refractivity contribution < 1.29 is 9.47 Å². The minimum Gasteiger partial charge on any atom is -0.486 e. The van der Waals surface area contributed by atoms with Crippen LogP contribution in [0, 0.1) is 0 Å². The molecule has 19 heavy (non-hydrogen) atoms. The molecule has 106 valence electrons. The first-order chi connectivity index (χ1) is 9.17. The molecule has 0 heterocycles. The van der Waals surface area contributed by atoms with E-state index in [0.717, 1.165) is 18.7 Å². The van der Waals surface area contributed by atoms with E-state index >= 15 is 0 Å². The maximum Gasteiger partial charge on any atom is 0.138 e. The lowest BCUT2D eigenvalue weighted by Gasteiger charge is -2.09. The largest absolute Gasteiger partial charge is 0.486 e. The van der Waals surface area contributed by atoms with Crippen LogP contribution in [0.1, 0.15) is 5.56 Å².